The molecule has 0 amide bonds. The van der Waals surface area contributed by atoms with Crippen LogP contribution in [0.4, 0.5) is 5.69 Å². The van der Waals surface area contributed by atoms with Gasteiger partial charge in [-0.25, -0.2) is 0 Å². The van der Waals surface area contributed by atoms with Crippen molar-refractivity contribution in [3.8, 4) is 11.5 Å². The Labute approximate surface area is 125 Å². The molecule has 0 heterocycles. The summed E-state index contributed by atoms with van der Waals surface area (Å²) in [6, 6.07) is 11.5. The molecule has 0 unspecified atom stereocenters. The first-order valence-electron chi connectivity index (χ1n) is 6.92. The molecule has 0 bridgehead atoms. The van der Waals surface area contributed by atoms with Gasteiger partial charge in [0.25, 0.3) is 0 Å². The van der Waals surface area contributed by atoms with Gasteiger partial charge < -0.3 is 15.5 Å². The summed E-state index contributed by atoms with van der Waals surface area (Å²) in [6.45, 7) is 5.91. The summed E-state index contributed by atoms with van der Waals surface area (Å²) in [5, 5.41) is 22.1. The number of hydrogen-bond acceptors (Lipinski definition) is 4. The second-order valence-corrected chi connectivity index (χ2v) is 4.30. The predicted octanol–water partition coefficient (Wildman–Crippen LogP) is 3.94. The monoisotopic (exact) mass is 287 g/mol. The van der Waals surface area contributed by atoms with Crippen molar-refractivity contribution in [1.82, 2.24) is 0 Å². The van der Waals surface area contributed by atoms with E-state index in [9.17, 15) is 15.0 Å². The Morgan fingerprint density at radius 2 is 1.67 bits per heavy atom. The lowest BCUT2D eigenvalue weighted by Crippen LogP contribution is -2.00. The van der Waals surface area contributed by atoms with Gasteiger partial charge >= 0.3 is 0 Å². The number of carbonyl (C=O) groups is 1. The normalized spacial score (nSPS) is 9.48. The molecule has 0 spiro atoms. The molecule has 112 valence electrons. The second kappa shape index (κ2) is 7.94. The maximum Gasteiger partial charge on any atom is 0.159 e. The SMILES string of the molecule is CC.CC(=O)c1ccc(NCc2cc(O)ccc2O)cc1. The highest BCUT2D eigenvalue weighted by molar-refractivity contribution is 5.94. The average Bonchev–Trinajstić information content (AvgIpc) is 2.50. The Morgan fingerprint density at radius 1 is 1.05 bits per heavy atom. The maximum atomic E-state index is 11.1. The fourth-order valence-corrected chi connectivity index (χ4v) is 1.73. The number of nitrogens with one attached hydrogen (secondary N) is 1. The molecule has 2 aromatic carbocycles. The molecule has 0 fully saturated rings. The van der Waals surface area contributed by atoms with E-state index in [4.69, 9.17) is 0 Å². The molecular weight excluding hydrogens is 266 g/mol. The third-order valence-electron chi connectivity index (χ3n) is 2.84. The van der Waals surface area contributed by atoms with Crippen LogP contribution in [0.5, 0.6) is 11.5 Å². The summed E-state index contributed by atoms with van der Waals surface area (Å²) in [4.78, 5) is 11.1. The Bertz CT molecular complexity index is 591. The minimum atomic E-state index is 0.0252. The zero-order valence-corrected chi connectivity index (χ0v) is 12.6. The topological polar surface area (TPSA) is 69.6 Å². The van der Waals surface area contributed by atoms with Crippen LogP contribution in [0.3, 0.4) is 0 Å². The quantitative estimate of drug-likeness (QED) is 0.588. The van der Waals surface area contributed by atoms with Gasteiger partial charge in [-0.1, -0.05) is 13.8 Å². The van der Waals surface area contributed by atoms with Crippen LogP contribution in [-0.4, -0.2) is 16.0 Å². The second-order valence-electron chi connectivity index (χ2n) is 4.30. The number of ketones is 1. The predicted molar refractivity (Wildman–Crippen MR) is 84.9 cm³/mol. The fourth-order valence-electron chi connectivity index (χ4n) is 1.73. The van der Waals surface area contributed by atoms with E-state index in [0.29, 0.717) is 17.7 Å². The molecule has 2 rings (SSSR count). The van der Waals surface area contributed by atoms with Crippen molar-refractivity contribution in [2.24, 2.45) is 0 Å². The lowest BCUT2D eigenvalue weighted by atomic mass is 10.1. The van der Waals surface area contributed by atoms with E-state index in [-0.39, 0.29) is 17.3 Å². The summed E-state index contributed by atoms with van der Waals surface area (Å²) in [5.74, 6) is 0.268. The highest BCUT2D eigenvalue weighted by Gasteiger charge is 2.03. The number of rotatable bonds is 4. The largest absolute Gasteiger partial charge is 0.508 e. The van der Waals surface area contributed by atoms with Crippen LogP contribution in [0, 0.1) is 0 Å². The number of hydrogen-bond donors (Lipinski definition) is 3. The van der Waals surface area contributed by atoms with Gasteiger partial charge in [-0.2, -0.15) is 0 Å². The van der Waals surface area contributed by atoms with Gasteiger partial charge in [-0.15, -0.1) is 0 Å². The smallest absolute Gasteiger partial charge is 0.159 e. The highest BCUT2D eigenvalue weighted by atomic mass is 16.3. The van der Waals surface area contributed by atoms with Gasteiger partial charge in [0.15, 0.2) is 5.78 Å². The van der Waals surface area contributed by atoms with Crippen molar-refractivity contribution in [3.05, 3.63) is 53.6 Å². The average molecular weight is 287 g/mol. The van der Waals surface area contributed by atoms with Crippen molar-refractivity contribution in [2.45, 2.75) is 27.3 Å². The van der Waals surface area contributed by atoms with Crippen molar-refractivity contribution in [1.29, 1.82) is 0 Å². The molecule has 4 heteroatoms. The summed E-state index contributed by atoms with van der Waals surface area (Å²) >= 11 is 0. The van der Waals surface area contributed by atoms with Gasteiger partial charge in [0.2, 0.25) is 0 Å². The first-order valence-corrected chi connectivity index (χ1v) is 6.92. The molecule has 0 radical (unpaired) electrons. The molecular formula is C17H21NO3. The summed E-state index contributed by atoms with van der Waals surface area (Å²) < 4.78 is 0. The minimum absolute atomic E-state index is 0.0252. The van der Waals surface area contributed by atoms with E-state index in [1.54, 1.807) is 24.3 Å². The van der Waals surface area contributed by atoms with E-state index in [2.05, 4.69) is 5.32 Å². The van der Waals surface area contributed by atoms with Crippen LogP contribution in [0.15, 0.2) is 42.5 Å². The molecule has 4 nitrogen and oxygen atoms in total. The lowest BCUT2D eigenvalue weighted by molar-refractivity contribution is 0.101. The van der Waals surface area contributed by atoms with Crippen molar-refractivity contribution < 1.29 is 15.0 Å². The van der Waals surface area contributed by atoms with Gasteiger partial charge in [-0.3, -0.25) is 4.79 Å². The third-order valence-corrected chi connectivity index (χ3v) is 2.84. The van der Waals surface area contributed by atoms with E-state index in [1.807, 2.05) is 13.8 Å². The van der Waals surface area contributed by atoms with E-state index >= 15 is 0 Å². The van der Waals surface area contributed by atoms with Gasteiger partial charge in [0, 0.05) is 23.4 Å². The van der Waals surface area contributed by atoms with Gasteiger partial charge in [0.1, 0.15) is 11.5 Å². The number of benzene rings is 2. The first-order chi connectivity index (χ1) is 10.1. The Morgan fingerprint density at radius 3 is 2.24 bits per heavy atom. The summed E-state index contributed by atoms with van der Waals surface area (Å²) in [7, 11) is 0. The third kappa shape index (κ3) is 4.84. The number of Topliss-reactive ketones (excluding diaryl/α,β-unsaturated/α-hetero) is 1. The Kier molecular flexibility index (Phi) is 6.27. The first kappa shape index (κ1) is 16.6. The Balaban J connectivity index is 0.00000106. The van der Waals surface area contributed by atoms with E-state index < -0.39 is 0 Å². The molecule has 21 heavy (non-hydrogen) atoms. The number of phenols is 2. The zero-order valence-electron chi connectivity index (χ0n) is 12.6. The lowest BCUT2D eigenvalue weighted by Gasteiger charge is -2.09. The summed E-state index contributed by atoms with van der Waals surface area (Å²) in [5.41, 5.74) is 2.11. The van der Waals surface area contributed by atoms with Crippen LogP contribution >= 0.6 is 0 Å². The minimum Gasteiger partial charge on any atom is -0.508 e. The van der Waals surface area contributed by atoms with Crippen LogP contribution in [0.2, 0.25) is 0 Å². The van der Waals surface area contributed by atoms with Crippen LogP contribution < -0.4 is 5.32 Å². The highest BCUT2D eigenvalue weighted by Crippen LogP contribution is 2.23. The maximum absolute atomic E-state index is 11.1. The molecule has 3 N–H and O–H groups in total. The molecule has 0 aliphatic rings. The van der Waals surface area contributed by atoms with Gasteiger partial charge in [-0.05, 0) is 49.4 Å². The summed E-state index contributed by atoms with van der Waals surface area (Å²) in [6.07, 6.45) is 0. The van der Waals surface area contributed by atoms with Crippen LogP contribution in [0.1, 0.15) is 36.7 Å². The zero-order chi connectivity index (χ0) is 15.8. The number of aromatic hydroxyl groups is 2. The van der Waals surface area contributed by atoms with Crippen LogP contribution in [0.25, 0.3) is 0 Å². The molecule has 0 saturated carbocycles. The Hall–Kier alpha value is -2.49. The molecule has 0 saturated heterocycles. The van der Waals surface area contributed by atoms with E-state index in [0.717, 1.165) is 5.69 Å². The standard InChI is InChI=1S/C15H15NO3.C2H6/c1-10(17)11-2-4-13(5-3-11)16-9-12-8-14(18)6-7-15(12)19;1-2/h2-8,16,18-19H,9H2,1H3;1-2H3. The van der Waals surface area contributed by atoms with Crippen molar-refractivity contribution in [3.63, 3.8) is 0 Å². The van der Waals surface area contributed by atoms with Crippen molar-refractivity contribution >= 4 is 11.5 Å². The number of phenolic OH excluding ortho intramolecular Hbond substituents is 2. The molecule has 2 aromatic rings. The van der Waals surface area contributed by atoms with Gasteiger partial charge in [0.05, 0.1) is 0 Å². The fraction of sp³-hybridized carbons (Fsp3) is 0.235. The van der Waals surface area contributed by atoms with E-state index in [1.165, 1.54) is 25.1 Å². The number of carbonyl (C=O) groups excluding carboxylic acids is 1. The van der Waals surface area contributed by atoms with Crippen molar-refractivity contribution in [2.75, 3.05) is 5.32 Å². The molecule has 0 aliphatic heterocycles. The molecule has 0 aliphatic carbocycles. The molecule has 0 atom stereocenters. The molecule has 0 aromatic heterocycles. The number of anilines is 1. The van der Waals surface area contributed by atoms with Crippen LogP contribution in [-0.2, 0) is 6.54 Å².